The van der Waals surface area contributed by atoms with Crippen LogP contribution in [0, 0.1) is 0 Å². The lowest BCUT2D eigenvalue weighted by Gasteiger charge is -2.41. The molecule has 1 aromatic carbocycles. The molecule has 0 saturated carbocycles. The van der Waals surface area contributed by atoms with E-state index in [0.29, 0.717) is 18.1 Å². The molecular formula is C26H34N4. The van der Waals surface area contributed by atoms with E-state index in [1.54, 1.807) is 0 Å². The molecule has 2 N–H and O–H groups in total. The Balaban J connectivity index is 1.44. The molecule has 2 aliphatic heterocycles. The Labute approximate surface area is 180 Å². The Morgan fingerprint density at radius 3 is 2.40 bits per heavy atom. The number of pyridine rings is 1. The van der Waals surface area contributed by atoms with Crippen molar-refractivity contribution in [1.82, 2.24) is 9.88 Å². The van der Waals surface area contributed by atoms with E-state index < -0.39 is 0 Å². The van der Waals surface area contributed by atoms with E-state index in [2.05, 4.69) is 80.3 Å². The van der Waals surface area contributed by atoms with Crippen LogP contribution in [0.15, 0.2) is 59.6 Å². The zero-order valence-electron chi connectivity index (χ0n) is 18.7. The molecule has 158 valence electrons. The van der Waals surface area contributed by atoms with E-state index in [4.69, 9.17) is 15.7 Å². The second kappa shape index (κ2) is 8.44. The molecule has 1 aromatic heterocycles. The summed E-state index contributed by atoms with van der Waals surface area (Å²) < 4.78 is 0. The number of likely N-dealkylation sites (tertiary alicyclic amines) is 1. The minimum atomic E-state index is -0.357. The third-order valence-electron chi connectivity index (χ3n) is 6.65. The predicted octanol–water partition coefficient (Wildman–Crippen LogP) is 4.74. The molecule has 1 saturated heterocycles. The van der Waals surface area contributed by atoms with Crippen LogP contribution in [0.4, 0.5) is 0 Å². The van der Waals surface area contributed by atoms with Gasteiger partial charge in [-0.3, -0.25) is 9.89 Å². The molecule has 3 unspecified atom stereocenters. The van der Waals surface area contributed by atoms with Crippen molar-refractivity contribution in [1.29, 1.82) is 0 Å². The molecule has 0 bridgehead atoms. The second-order valence-electron chi connectivity index (χ2n) is 9.26. The quantitative estimate of drug-likeness (QED) is 0.786. The summed E-state index contributed by atoms with van der Waals surface area (Å²) in [6, 6.07) is 16.6. The van der Waals surface area contributed by atoms with Crippen LogP contribution in [0.2, 0.25) is 0 Å². The highest BCUT2D eigenvalue weighted by molar-refractivity contribution is 5.95. The second-order valence-corrected chi connectivity index (χ2v) is 9.26. The standard InChI is InChI=1S/C26H34N4/c1-18-12-14-26(4,29-18)25-7-5-6-24(28-25)22-10-8-21(9-11-22)13-15-30-19(2)16-23(27)17-20(30)3/h5-12,14,19-20,23H,13,15-17,27H2,1-4H3. The van der Waals surface area contributed by atoms with E-state index in [9.17, 15) is 0 Å². The van der Waals surface area contributed by atoms with Crippen LogP contribution in [-0.4, -0.2) is 40.3 Å². The topological polar surface area (TPSA) is 54.5 Å². The molecular weight excluding hydrogens is 368 g/mol. The van der Waals surface area contributed by atoms with Crippen LogP contribution in [0.25, 0.3) is 11.3 Å². The number of hydrogen-bond donors (Lipinski definition) is 1. The molecule has 3 atom stereocenters. The van der Waals surface area contributed by atoms with E-state index >= 15 is 0 Å². The van der Waals surface area contributed by atoms with Crippen molar-refractivity contribution in [2.24, 2.45) is 10.7 Å². The SMILES string of the molecule is CC1=NC(C)(c2cccc(-c3ccc(CCN4C(C)CC(N)CC4C)cc3)n2)C=C1. The molecule has 0 spiro atoms. The molecule has 1 fully saturated rings. The molecule has 4 nitrogen and oxygen atoms in total. The monoisotopic (exact) mass is 402 g/mol. The molecule has 0 radical (unpaired) electrons. The van der Waals surface area contributed by atoms with Gasteiger partial charge >= 0.3 is 0 Å². The van der Waals surface area contributed by atoms with Crippen molar-refractivity contribution in [2.45, 2.75) is 70.6 Å². The lowest BCUT2D eigenvalue weighted by molar-refractivity contribution is 0.0936. The van der Waals surface area contributed by atoms with Gasteiger partial charge < -0.3 is 5.73 Å². The number of piperidine rings is 1. The summed E-state index contributed by atoms with van der Waals surface area (Å²) >= 11 is 0. The van der Waals surface area contributed by atoms with E-state index in [-0.39, 0.29) is 5.54 Å². The predicted molar refractivity (Wildman–Crippen MR) is 126 cm³/mol. The summed E-state index contributed by atoms with van der Waals surface area (Å²) in [5.74, 6) is 0. The summed E-state index contributed by atoms with van der Waals surface area (Å²) in [5, 5.41) is 0. The maximum Gasteiger partial charge on any atom is 0.118 e. The molecule has 4 rings (SSSR count). The van der Waals surface area contributed by atoms with Crippen molar-refractivity contribution in [3.8, 4) is 11.3 Å². The highest BCUT2D eigenvalue weighted by atomic mass is 15.2. The Bertz CT molecular complexity index is 934. The van der Waals surface area contributed by atoms with Crippen LogP contribution >= 0.6 is 0 Å². The summed E-state index contributed by atoms with van der Waals surface area (Å²) in [6.45, 7) is 9.85. The van der Waals surface area contributed by atoms with Gasteiger partial charge in [0.05, 0.1) is 11.4 Å². The van der Waals surface area contributed by atoms with Gasteiger partial charge in [0.15, 0.2) is 0 Å². The highest BCUT2D eigenvalue weighted by Crippen LogP contribution is 2.31. The third-order valence-corrected chi connectivity index (χ3v) is 6.65. The molecule has 2 aliphatic rings. The first-order valence-electron chi connectivity index (χ1n) is 11.2. The normalized spacial score (nSPS) is 29.2. The smallest absolute Gasteiger partial charge is 0.118 e. The zero-order valence-corrected chi connectivity index (χ0v) is 18.7. The average Bonchev–Trinajstić information content (AvgIpc) is 3.08. The molecule has 4 heteroatoms. The number of rotatable bonds is 5. The number of aliphatic imine (C=N–C) groups is 1. The van der Waals surface area contributed by atoms with Gasteiger partial charge in [-0.2, -0.15) is 0 Å². The van der Waals surface area contributed by atoms with Crippen LogP contribution in [0.3, 0.4) is 0 Å². The molecule has 0 amide bonds. The highest BCUT2D eigenvalue weighted by Gasteiger charge is 2.29. The van der Waals surface area contributed by atoms with Gasteiger partial charge in [0.1, 0.15) is 5.54 Å². The first kappa shape index (κ1) is 21.0. The molecule has 0 aliphatic carbocycles. The van der Waals surface area contributed by atoms with Crippen molar-refractivity contribution in [3.63, 3.8) is 0 Å². The average molecular weight is 403 g/mol. The van der Waals surface area contributed by atoms with Gasteiger partial charge in [-0.25, -0.2) is 4.98 Å². The van der Waals surface area contributed by atoms with Gasteiger partial charge in [-0.1, -0.05) is 30.3 Å². The maximum absolute atomic E-state index is 6.18. The van der Waals surface area contributed by atoms with Crippen LogP contribution in [-0.2, 0) is 12.0 Å². The number of aromatic nitrogens is 1. The Hall–Kier alpha value is -2.30. The fourth-order valence-corrected chi connectivity index (χ4v) is 4.96. The van der Waals surface area contributed by atoms with Gasteiger partial charge in [-0.15, -0.1) is 0 Å². The minimum absolute atomic E-state index is 0.352. The fraction of sp³-hybridized carbons (Fsp3) is 0.462. The summed E-state index contributed by atoms with van der Waals surface area (Å²) in [4.78, 5) is 12.3. The van der Waals surface area contributed by atoms with Crippen LogP contribution < -0.4 is 5.73 Å². The van der Waals surface area contributed by atoms with Crippen molar-refractivity contribution in [2.75, 3.05) is 6.54 Å². The number of hydrogen-bond acceptors (Lipinski definition) is 4. The van der Waals surface area contributed by atoms with Crippen LogP contribution in [0.5, 0.6) is 0 Å². The van der Waals surface area contributed by atoms with Gasteiger partial charge in [0, 0.05) is 35.9 Å². The lowest BCUT2D eigenvalue weighted by Crippen LogP contribution is -2.51. The third kappa shape index (κ3) is 4.40. The van der Waals surface area contributed by atoms with Crippen LogP contribution in [0.1, 0.15) is 51.8 Å². The number of allylic oxidation sites excluding steroid dienone is 1. The minimum Gasteiger partial charge on any atom is -0.328 e. The summed E-state index contributed by atoms with van der Waals surface area (Å²) in [5.41, 5.74) is 11.4. The summed E-state index contributed by atoms with van der Waals surface area (Å²) in [7, 11) is 0. The van der Waals surface area contributed by atoms with Gasteiger partial charge in [0.25, 0.3) is 0 Å². The first-order valence-corrected chi connectivity index (χ1v) is 11.2. The largest absolute Gasteiger partial charge is 0.328 e. The maximum atomic E-state index is 6.18. The Morgan fingerprint density at radius 1 is 1.07 bits per heavy atom. The van der Waals surface area contributed by atoms with E-state index in [0.717, 1.165) is 48.5 Å². The fourth-order valence-electron chi connectivity index (χ4n) is 4.96. The van der Waals surface area contributed by atoms with Gasteiger partial charge in [0.2, 0.25) is 0 Å². The zero-order chi connectivity index (χ0) is 21.3. The number of benzene rings is 1. The van der Waals surface area contributed by atoms with Crippen molar-refractivity contribution >= 4 is 5.71 Å². The van der Waals surface area contributed by atoms with E-state index in [1.165, 1.54) is 5.56 Å². The van der Waals surface area contributed by atoms with Crippen molar-refractivity contribution < 1.29 is 0 Å². The molecule has 30 heavy (non-hydrogen) atoms. The molecule has 3 heterocycles. The summed E-state index contributed by atoms with van der Waals surface area (Å²) in [6.07, 6.45) is 7.47. The van der Waals surface area contributed by atoms with Gasteiger partial charge in [-0.05, 0) is 76.8 Å². The number of nitrogens with two attached hydrogens (primary N) is 1. The molecule has 2 aromatic rings. The Kier molecular flexibility index (Phi) is 5.90. The lowest BCUT2D eigenvalue weighted by atomic mass is 9.93. The van der Waals surface area contributed by atoms with E-state index in [1.807, 2.05) is 6.92 Å². The first-order chi connectivity index (χ1) is 14.3. The Morgan fingerprint density at radius 2 is 1.77 bits per heavy atom. The van der Waals surface area contributed by atoms with Crippen molar-refractivity contribution in [3.05, 3.63) is 65.9 Å². The number of nitrogens with zero attached hydrogens (tertiary/aromatic N) is 3.